The number of methoxy groups -OCH3 is 1. The van der Waals surface area contributed by atoms with Gasteiger partial charge in [-0.1, -0.05) is 25.5 Å². The Morgan fingerprint density at radius 1 is 1.17 bits per heavy atom. The number of hydrogen-bond donors (Lipinski definition) is 3. The number of ether oxygens (including phenoxy) is 2. The summed E-state index contributed by atoms with van der Waals surface area (Å²) >= 11 is 0. The van der Waals surface area contributed by atoms with Crippen LogP contribution >= 0.6 is 0 Å². The maximum Gasteiger partial charge on any atom is 0.252 e. The van der Waals surface area contributed by atoms with Gasteiger partial charge in [0.15, 0.2) is 5.78 Å². The average molecular weight is 496 g/mol. The molecule has 4 aliphatic rings. The molecule has 7 atom stereocenters. The molecular formula is C29H37NO6. The summed E-state index contributed by atoms with van der Waals surface area (Å²) in [5.41, 5.74) is -1.53. The zero-order valence-corrected chi connectivity index (χ0v) is 21.3. The number of aliphatic hydroxyl groups is 2. The number of amides is 1. The van der Waals surface area contributed by atoms with Gasteiger partial charge in [-0.3, -0.25) is 9.59 Å². The summed E-state index contributed by atoms with van der Waals surface area (Å²) in [5.74, 6) is 1.33. The smallest absolute Gasteiger partial charge is 0.252 e. The molecule has 0 aliphatic heterocycles. The van der Waals surface area contributed by atoms with Crippen molar-refractivity contribution in [2.24, 2.45) is 28.6 Å². The van der Waals surface area contributed by atoms with Crippen LogP contribution in [0.5, 0.6) is 11.5 Å². The summed E-state index contributed by atoms with van der Waals surface area (Å²) in [7, 11) is 1.60. The molecule has 1 aromatic carbocycles. The fourth-order valence-electron chi connectivity index (χ4n) is 7.86. The molecule has 7 heteroatoms. The Kier molecular flexibility index (Phi) is 6.28. The molecule has 0 saturated heterocycles. The van der Waals surface area contributed by atoms with Gasteiger partial charge in [0.2, 0.25) is 0 Å². The summed E-state index contributed by atoms with van der Waals surface area (Å²) < 4.78 is 10.9. The Morgan fingerprint density at radius 3 is 2.61 bits per heavy atom. The van der Waals surface area contributed by atoms with Crippen LogP contribution < -0.4 is 14.8 Å². The van der Waals surface area contributed by atoms with Crippen molar-refractivity contribution in [3.63, 3.8) is 0 Å². The van der Waals surface area contributed by atoms with E-state index < -0.39 is 17.1 Å². The molecule has 0 radical (unpaired) electrons. The fraction of sp³-hybridized carbons (Fsp3) is 0.586. The maximum atomic E-state index is 13.3. The van der Waals surface area contributed by atoms with Crippen molar-refractivity contribution in [3.8, 4) is 11.5 Å². The summed E-state index contributed by atoms with van der Waals surface area (Å²) in [6, 6.07) is 7.23. The van der Waals surface area contributed by atoms with Crippen molar-refractivity contribution in [2.45, 2.75) is 57.7 Å². The van der Waals surface area contributed by atoms with Crippen LogP contribution in [0.25, 0.3) is 0 Å². The second-order valence-corrected chi connectivity index (χ2v) is 11.4. The first-order chi connectivity index (χ1) is 17.1. The Balaban J connectivity index is 1.27. The number of ketones is 1. The number of nitrogens with one attached hydrogen (secondary N) is 1. The van der Waals surface area contributed by atoms with E-state index in [-0.39, 0.29) is 48.0 Å². The minimum atomic E-state index is -1.54. The fourth-order valence-corrected chi connectivity index (χ4v) is 7.86. The minimum Gasteiger partial charge on any atom is -0.497 e. The van der Waals surface area contributed by atoms with Crippen LogP contribution in [0.1, 0.15) is 46.0 Å². The lowest BCUT2D eigenvalue weighted by atomic mass is 9.46. The van der Waals surface area contributed by atoms with Gasteiger partial charge in [-0.25, -0.2) is 0 Å². The lowest BCUT2D eigenvalue weighted by Crippen LogP contribution is -2.63. The van der Waals surface area contributed by atoms with E-state index in [1.165, 1.54) is 0 Å². The second-order valence-electron chi connectivity index (χ2n) is 11.4. The average Bonchev–Trinajstić information content (AvgIpc) is 3.13. The predicted octanol–water partition coefficient (Wildman–Crippen LogP) is 3.20. The number of fused-ring (bicyclic) bond motifs is 5. The highest BCUT2D eigenvalue weighted by Crippen LogP contribution is 2.66. The van der Waals surface area contributed by atoms with Gasteiger partial charge in [-0.15, -0.1) is 0 Å². The van der Waals surface area contributed by atoms with Gasteiger partial charge in [-0.2, -0.15) is 0 Å². The van der Waals surface area contributed by atoms with Crippen LogP contribution in [-0.2, 0) is 9.59 Å². The van der Waals surface area contributed by atoms with Crippen molar-refractivity contribution in [2.75, 3.05) is 20.3 Å². The highest BCUT2D eigenvalue weighted by Gasteiger charge is 2.68. The van der Waals surface area contributed by atoms with Crippen LogP contribution in [0.3, 0.4) is 0 Å². The Bertz CT molecular complexity index is 1100. The Labute approximate surface area is 212 Å². The lowest BCUT2D eigenvalue weighted by molar-refractivity contribution is -0.178. The Morgan fingerprint density at radius 2 is 1.89 bits per heavy atom. The van der Waals surface area contributed by atoms with E-state index in [0.29, 0.717) is 18.6 Å². The van der Waals surface area contributed by atoms with E-state index >= 15 is 0 Å². The zero-order valence-electron chi connectivity index (χ0n) is 21.3. The standard InChI is InChI=1S/C29H37NO6/c1-27-12-10-19(31)16-18(27)4-9-22-23-11-13-29(34,28(23,2)17-24(32)25(22)27)26(33)30-14-15-36-21-7-5-20(35-3)6-8-21/h5-8,10,12,16,22-25,32,34H,4,9,11,13-15,17H2,1-3H3,(H,30,33)/t22-,23-,24-,25+,27-,28-,29-/m0/s1. The monoisotopic (exact) mass is 495 g/mol. The van der Waals surface area contributed by atoms with E-state index in [4.69, 9.17) is 9.47 Å². The molecule has 0 bridgehead atoms. The van der Waals surface area contributed by atoms with Crippen LogP contribution in [0, 0.1) is 28.6 Å². The van der Waals surface area contributed by atoms with Crippen LogP contribution in [-0.4, -0.2) is 53.9 Å². The zero-order chi connectivity index (χ0) is 25.7. The predicted molar refractivity (Wildman–Crippen MR) is 134 cm³/mol. The molecule has 0 aromatic heterocycles. The summed E-state index contributed by atoms with van der Waals surface area (Å²) in [5, 5.41) is 26.1. The third-order valence-electron chi connectivity index (χ3n) is 9.74. The molecule has 3 fully saturated rings. The quantitative estimate of drug-likeness (QED) is 0.524. The normalized spacial score (nSPS) is 38.9. The van der Waals surface area contributed by atoms with Gasteiger partial charge >= 0.3 is 0 Å². The highest BCUT2D eigenvalue weighted by molar-refractivity contribution is 6.01. The number of aliphatic hydroxyl groups excluding tert-OH is 1. The SMILES string of the molecule is COc1ccc(OCCNC(=O)[C@@]2(O)CC[C@H]3[C@@H]4CCC5=CC(=O)C=C[C@]5(C)[C@H]4[C@@H](O)C[C@@]32C)cc1. The molecule has 1 amide bonds. The van der Waals surface area contributed by atoms with Crippen LogP contribution in [0.15, 0.2) is 48.1 Å². The molecule has 4 aliphatic carbocycles. The molecule has 194 valence electrons. The number of allylic oxidation sites excluding steroid dienone is 4. The van der Waals surface area contributed by atoms with E-state index in [2.05, 4.69) is 12.2 Å². The largest absolute Gasteiger partial charge is 0.497 e. The van der Waals surface area contributed by atoms with E-state index in [1.807, 2.05) is 25.1 Å². The second kappa shape index (κ2) is 9.03. The molecule has 3 N–H and O–H groups in total. The topological polar surface area (TPSA) is 105 Å². The third-order valence-corrected chi connectivity index (χ3v) is 9.74. The molecule has 0 unspecified atom stereocenters. The highest BCUT2D eigenvalue weighted by atomic mass is 16.5. The third kappa shape index (κ3) is 3.79. The van der Waals surface area contributed by atoms with Gasteiger partial charge in [0.05, 0.1) is 19.8 Å². The maximum absolute atomic E-state index is 13.3. The van der Waals surface area contributed by atoms with E-state index in [9.17, 15) is 19.8 Å². The van der Waals surface area contributed by atoms with Gasteiger partial charge in [0, 0.05) is 16.7 Å². The number of carbonyl (C=O) groups is 2. The van der Waals surface area contributed by atoms with Crippen molar-refractivity contribution < 1.29 is 29.3 Å². The van der Waals surface area contributed by atoms with Crippen molar-refractivity contribution in [1.82, 2.24) is 5.32 Å². The van der Waals surface area contributed by atoms with Crippen molar-refractivity contribution >= 4 is 11.7 Å². The molecule has 1 aromatic rings. The molecule has 0 spiro atoms. The summed E-state index contributed by atoms with van der Waals surface area (Å²) in [6.07, 6.45) is 7.82. The summed E-state index contributed by atoms with van der Waals surface area (Å²) in [4.78, 5) is 25.3. The molecule has 5 rings (SSSR count). The minimum absolute atomic E-state index is 0.0129. The van der Waals surface area contributed by atoms with Gasteiger partial charge in [0.1, 0.15) is 23.7 Å². The lowest BCUT2D eigenvalue weighted by Gasteiger charge is -2.59. The first kappa shape index (κ1) is 25.0. The first-order valence-corrected chi connectivity index (χ1v) is 13.0. The van der Waals surface area contributed by atoms with Gasteiger partial charge in [0.25, 0.3) is 5.91 Å². The molecule has 0 heterocycles. The van der Waals surface area contributed by atoms with Crippen LogP contribution in [0.4, 0.5) is 0 Å². The van der Waals surface area contributed by atoms with Gasteiger partial charge in [-0.05, 0) is 80.4 Å². The van der Waals surface area contributed by atoms with E-state index in [1.54, 1.807) is 31.4 Å². The first-order valence-electron chi connectivity index (χ1n) is 13.0. The molecule has 36 heavy (non-hydrogen) atoms. The molecule has 3 saturated carbocycles. The number of carbonyl (C=O) groups excluding carboxylic acids is 2. The number of benzene rings is 1. The number of rotatable bonds is 6. The summed E-state index contributed by atoms with van der Waals surface area (Å²) in [6.45, 7) is 4.65. The van der Waals surface area contributed by atoms with Crippen molar-refractivity contribution in [1.29, 1.82) is 0 Å². The van der Waals surface area contributed by atoms with Crippen LogP contribution in [0.2, 0.25) is 0 Å². The van der Waals surface area contributed by atoms with E-state index in [0.717, 1.165) is 30.6 Å². The molecular weight excluding hydrogens is 458 g/mol. The molecule has 7 nitrogen and oxygen atoms in total. The Hall–Kier alpha value is -2.64. The van der Waals surface area contributed by atoms with Gasteiger partial charge < -0.3 is 25.0 Å². The van der Waals surface area contributed by atoms with Crippen molar-refractivity contribution in [3.05, 3.63) is 48.1 Å². The number of hydrogen-bond acceptors (Lipinski definition) is 6.